The first kappa shape index (κ1) is 14.7. The average molecular weight is 279 g/mol. The van der Waals surface area contributed by atoms with Crippen LogP contribution in [0.25, 0.3) is 0 Å². The van der Waals surface area contributed by atoms with E-state index in [1.165, 1.54) is 6.07 Å². The molecule has 18 heavy (non-hydrogen) atoms. The van der Waals surface area contributed by atoms with Gasteiger partial charge in [-0.2, -0.15) is 13.2 Å². The molecule has 0 fully saturated rings. The van der Waals surface area contributed by atoms with E-state index in [-0.39, 0.29) is 17.4 Å². The highest BCUT2D eigenvalue weighted by Crippen LogP contribution is 2.33. The number of thiol groups is 1. The van der Waals surface area contributed by atoms with E-state index in [9.17, 15) is 18.0 Å². The summed E-state index contributed by atoms with van der Waals surface area (Å²) in [5.74, 6) is -0.732. The van der Waals surface area contributed by atoms with Gasteiger partial charge in [-0.25, -0.2) is 0 Å². The van der Waals surface area contributed by atoms with Crippen molar-refractivity contribution in [1.82, 2.24) is 4.72 Å². The Morgan fingerprint density at radius 1 is 1.33 bits per heavy atom. The maximum atomic E-state index is 12.6. The fourth-order valence-corrected chi connectivity index (χ4v) is 1.43. The van der Waals surface area contributed by atoms with Crippen molar-refractivity contribution < 1.29 is 22.7 Å². The molecule has 0 unspecified atom stereocenters. The van der Waals surface area contributed by atoms with Gasteiger partial charge in [0, 0.05) is 5.56 Å². The Kier molecular flexibility index (Phi) is 4.50. The summed E-state index contributed by atoms with van der Waals surface area (Å²) in [6.07, 6.45) is -4.83. The predicted octanol–water partition coefficient (Wildman–Crippen LogP) is 3.07. The van der Waals surface area contributed by atoms with E-state index in [1.807, 2.05) is 4.72 Å². The minimum absolute atomic E-state index is 0.00763. The number of carbonyl (C=O) groups excluding carboxylic acids is 1. The lowest BCUT2D eigenvalue weighted by molar-refractivity contribution is -0.137. The molecule has 0 atom stereocenters. The first-order chi connectivity index (χ1) is 8.24. The zero-order chi connectivity index (χ0) is 13.9. The minimum Gasteiger partial charge on any atom is -0.491 e. The zero-order valence-electron chi connectivity index (χ0n) is 9.71. The highest BCUT2D eigenvalue weighted by molar-refractivity contribution is 7.78. The summed E-state index contributed by atoms with van der Waals surface area (Å²) >= 11 is 3.52. The van der Waals surface area contributed by atoms with Gasteiger partial charge in [-0.3, -0.25) is 9.52 Å². The van der Waals surface area contributed by atoms with Crippen molar-refractivity contribution in [3.05, 3.63) is 29.3 Å². The number of carbonyl (C=O) groups is 1. The third kappa shape index (κ3) is 3.83. The van der Waals surface area contributed by atoms with Crippen molar-refractivity contribution in [1.29, 1.82) is 0 Å². The Bertz CT molecular complexity index is 446. The molecule has 1 aromatic rings. The van der Waals surface area contributed by atoms with E-state index in [0.29, 0.717) is 0 Å². The number of rotatable bonds is 3. The molecule has 0 aromatic heterocycles. The molecular weight excluding hydrogens is 267 g/mol. The summed E-state index contributed by atoms with van der Waals surface area (Å²) in [6.45, 7) is 3.36. The number of hydrogen-bond donors (Lipinski definition) is 2. The van der Waals surface area contributed by atoms with E-state index in [1.54, 1.807) is 13.8 Å². The molecule has 0 bridgehead atoms. The number of amides is 1. The van der Waals surface area contributed by atoms with Gasteiger partial charge in [-0.05, 0) is 32.0 Å². The molecule has 0 spiro atoms. The summed E-state index contributed by atoms with van der Waals surface area (Å²) in [7, 11) is 0. The first-order valence-corrected chi connectivity index (χ1v) is 5.52. The monoisotopic (exact) mass is 279 g/mol. The number of ether oxygens (including phenoxy) is 1. The Balaban J connectivity index is 3.24. The number of benzene rings is 1. The van der Waals surface area contributed by atoms with Crippen LogP contribution >= 0.6 is 12.8 Å². The van der Waals surface area contributed by atoms with Crippen LogP contribution in [0.1, 0.15) is 29.8 Å². The third-order valence-electron chi connectivity index (χ3n) is 1.97. The van der Waals surface area contributed by atoms with Gasteiger partial charge in [0.25, 0.3) is 5.91 Å². The largest absolute Gasteiger partial charge is 0.491 e. The summed E-state index contributed by atoms with van der Waals surface area (Å²) < 4.78 is 45.1. The molecule has 1 rings (SSSR count). The summed E-state index contributed by atoms with van der Waals surface area (Å²) in [5, 5.41) is 0. The smallest absolute Gasteiger partial charge is 0.416 e. The highest BCUT2D eigenvalue weighted by atomic mass is 32.1. The van der Waals surface area contributed by atoms with Crippen molar-refractivity contribution in [3.63, 3.8) is 0 Å². The van der Waals surface area contributed by atoms with Gasteiger partial charge in [0.05, 0.1) is 11.7 Å². The van der Waals surface area contributed by atoms with Gasteiger partial charge >= 0.3 is 6.18 Å². The van der Waals surface area contributed by atoms with Crippen LogP contribution in [0.3, 0.4) is 0 Å². The predicted molar refractivity (Wildman–Crippen MR) is 63.7 cm³/mol. The Hall–Kier alpha value is -1.37. The quantitative estimate of drug-likeness (QED) is 0.835. The standard InChI is InChI=1S/C11H12F3NO2S/c1-6(2)17-9-4-7(10(16)15-18)3-8(5-9)11(12,13)14/h3-6,18H,1-2H3,(H,15,16). The third-order valence-corrected chi connectivity index (χ3v) is 2.17. The topological polar surface area (TPSA) is 38.3 Å². The van der Waals surface area contributed by atoms with Crippen molar-refractivity contribution >= 4 is 18.7 Å². The van der Waals surface area contributed by atoms with Crippen LogP contribution in [-0.2, 0) is 6.18 Å². The second-order valence-electron chi connectivity index (χ2n) is 3.85. The Morgan fingerprint density at radius 2 is 1.94 bits per heavy atom. The second-order valence-corrected chi connectivity index (χ2v) is 4.07. The average Bonchev–Trinajstić information content (AvgIpc) is 2.25. The maximum absolute atomic E-state index is 12.6. The van der Waals surface area contributed by atoms with Gasteiger partial charge < -0.3 is 4.74 Å². The molecule has 0 radical (unpaired) electrons. The van der Waals surface area contributed by atoms with E-state index < -0.39 is 17.6 Å². The molecule has 0 aliphatic carbocycles. The second kappa shape index (κ2) is 5.51. The van der Waals surface area contributed by atoms with Crippen LogP contribution in [0, 0.1) is 0 Å². The molecule has 0 heterocycles. The molecule has 7 heteroatoms. The molecule has 0 saturated heterocycles. The SMILES string of the molecule is CC(C)Oc1cc(C(=O)NS)cc(C(F)(F)F)c1. The number of hydrogen-bond acceptors (Lipinski definition) is 3. The lowest BCUT2D eigenvalue weighted by Gasteiger charge is -2.14. The molecule has 0 saturated carbocycles. The van der Waals surface area contributed by atoms with Crippen LogP contribution in [0.5, 0.6) is 5.75 Å². The summed E-state index contributed by atoms with van der Waals surface area (Å²) in [4.78, 5) is 11.3. The van der Waals surface area contributed by atoms with Crippen molar-refractivity contribution in [2.45, 2.75) is 26.1 Å². The molecule has 1 amide bonds. The van der Waals surface area contributed by atoms with Gasteiger partial charge in [-0.1, -0.05) is 12.8 Å². The van der Waals surface area contributed by atoms with Crippen molar-refractivity contribution in [3.8, 4) is 5.75 Å². The van der Waals surface area contributed by atoms with Crippen LogP contribution in [0.15, 0.2) is 18.2 Å². The van der Waals surface area contributed by atoms with Crippen molar-refractivity contribution in [2.75, 3.05) is 0 Å². The normalized spacial score (nSPS) is 11.5. The van der Waals surface area contributed by atoms with Gasteiger partial charge in [0.15, 0.2) is 0 Å². The molecule has 0 aliphatic heterocycles. The molecule has 0 aliphatic rings. The van der Waals surface area contributed by atoms with Crippen LogP contribution in [0.4, 0.5) is 13.2 Å². The Morgan fingerprint density at radius 3 is 2.39 bits per heavy atom. The van der Waals surface area contributed by atoms with Crippen LogP contribution in [0.2, 0.25) is 0 Å². The Labute approximate surface area is 108 Å². The van der Waals surface area contributed by atoms with E-state index >= 15 is 0 Å². The van der Waals surface area contributed by atoms with E-state index in [4.69, 9.17) is 4.74 Å². The maximum Gasteiger partial charge on any atom is 0.416 e. The fraction of sp³-hybridized carbons (Fsp3) is 0.364. The van der Waals surface area contributed by atoms with Crippen LogP contribution in [-0.4, -0.2) is 12.0 Å². The molecule has 3 nitrogen and oxygen atoms in total. The highest BCUT2D eigenvalue weighted by Gasteiger charge is 2.32. The molecule has 1 aromatic carbocycles. The number of alkyl halides is 3. The molecule has 1 N–H and O–H groups in total. The lowest BCUT2D eigenvalue weighted by atomic mass is 10.1. The van der Waals surface area contributed by atoms with Gasteiger partial charge in [0.1, 0.15) is 5.75 Å². The minimum atomic E-state index is -4.54. The first-order valence-electron chi connectivity index (χ1n) is 5.07. The van der Waals surface area contributed by atoms with Gasteiger partial charge in [0.2, 0.25) is 0 Å². The number of halogens is 3. The molecule has 100 valence electrons. The van der Waals surface area contributed by atoms with Gasteiger partial charge in [-0.15, -0.1) is 0 Å². The van der Waals surface area contributed by atoms with Crippen LogP contribution < -0.4 is 9.46 Å². The zero-order valence-corrected chi connectivity index (χ0v) is 10.6. The molecular formula is C11H12F3NO2S. The van der Waals surface area contributed by atoms with E-state index in [0.717, 1.165) is 12.1 Å². The number of nitrogens with one attached hydrogen (secondary N) is 1. The summed E-state index contributed by atoms with van der Waals surface area (Å²) in [5.41, 5.74) is -1.09. The lowest BCUT2D eigenvalue weighted by Crippen LogP contribution is -2.16. The summed E-state index contributed by atoms with van der Waals surface area (Å²) in [6, 6.07) is 2.84. The van der Waals surface area contributed by atoms with Crippen molar-refractivity contribution in [2.24, 2.45) is 0 Å². The fourth-order valence-electron chi connectivity index (χ4n) is 1.30. The van der Waals surface area contributed by atoms with E-state index in [2.05, 4.69) is 12.8 Å².